The van der Waals surface area contributed by atoms with Crippen LogP contribution in [-0.2, 0) is 0 Å². The minimum Gasteiger partial charge on any atom is -0.478 e. The van der Waals surface area contributed by atoms with E-state index >= 15 is 0 Å². The minimum absolute atomic E-state index is 0.0584. The summed E-state index contributed by atoms with van der Waals surface area (Å²) in [6.45, 7) is 7.56. The third kappa shape index (κ3) is 4.87. The number of para-hydroxylation sites is 1. The summed E-state index contributed by atoms with van der Waals surface area (Å²) in [6.07, 6.45) is 3.12. The van der Waals surface area contributed by atoms with Crippen LogP contribution in [-0.4, -0.2) is 30.2 Å². The molecule has 34 heavy (non-hydrogen) atoms. The number of hydrogen-bond donors (Lipinski definition) is 4. The Hall–Kier alpha value is -4.30. The quantitative estimate of drug-likeness (QED) is 0.442. The largest absolute Gasteiger partial charge is 0.478 e. The molecule has 2 aromatic carbocycles. The number of amidine groups is 1. The number of aromatic carboxylic acids is 1. The molecule has 174 valence electrons. The molecule has 1 aliphatic heterocycles. The third-order valence-corrected chi connectivity index (χ3v) is 5.25. The maximum atomic E-state index is 12.9. The molecule has 1 atom stereocenters. The van der Waals surface area contributed by atoms with Gasteiger partial charge in [-0.25, -0.2) is 9.79 Å². The average molecular weight is 459 g/mol. The van der Waals surface area contributed by atoms with Gasteiger partial charge in [-0.2, -0.15) is 0 Å². The van der Waals surface area contributed by atoms with Crippen molar-refractivity contribution in [2.24, 2.45) is 10.7 Å². The second-order valence-corrected chi connectivity index (χ2v) is 7.65. The van der Waals surface area contributed by atoms with E-state index in [2.05, 4.69) is 22.6 Å². The van der Waals surface area contributed by atoms with Gasteiger partial charge in [-0.3, -0.25) is 10.2 Å². The second-order valence-electron chi connectivity index (χ2n) is 7.65. The number of aryl methyl sites for hydroxylation is 1. The second kappa shape index (κ2) is 10.1. The van der Waals surface area contributed by atoms with E-state index in [4.69, 9.17) is 9.83 Å². The molecule has 1 unspecified atom stereocenters. The number of aliphatic imine (C=N–C) groups is 1. The van der Waals surface area contributed by atoms with Crippen molar-refractivity contribution >= 4 is 40.2 Å². The first kappa shape index (κ1) is 24.3. The molecule has 0 aliphatic carbocycles. The molecule has 0 spiro atoms. The first-order valence-corrected chi connectivity index (χ1v) is 10.5. The number of carbonyl (C=O) groups is 1. The highest BCUT2D eigenvalue weighted by atomic mass is 16.4. The standard InChI is InChI=1S/C25H21N3O4.CH5N/c1-13-8-18(15(3)28-20-7-5-4-6-17(20)25(30)31)23-19(9-13)21(29)11-22(32-23)16-10-14(2)24(26)27-12-16;1-2/h4-12,15,26,28H,2H2,1,3H3,(H,30,31);2H2,1H3. The lowest BCUT2D eigenvalue weighted by molar-refractivity contribution is 0.0698. The maximum Gasteiger partial charge on any atom is 0.337 e. The first-order valence-electron chi connectivity index (χ1n) is 10.5. The van der Waals surface area contributed by atoms with E-state index < -0.39 is 5.97 Å². The summed E-state index contributed by atoms with van der Waals surface area (Å²) in [5.41, 5.74) is 7.91. The number of nitrogens with zero attached hydrogens (tertiary/aromatic N) is 1. The number of carboxylic acid groups (broad SMARTS) is 1. The molecule has 2 heterocycles. The lowest BCUT2D eigenvalue weighted by Gasteiger charge is -2.19. The van der Waals surface area contributed by atoms with Crippen LogP contribution in [0.2, 0.25) is 0 Å². The number of rotatable bonds is 5. The maximum absolute atomic E-state index is 12.9. The van der Waals surface area contributed by atoms with Gasteiger partial charge in [0.05, 0.1) is 17.0 Å². The van der Waals surface area contributed by atoms with Crippen molar-refractivity contribution in [3.05, 3.63) is 93.4 Å². The predicted molar refractivity (Wildman–Crippen MR) is 136 cm³/mol. The Morgan fingerprint density at radius 1 is 1.24 bits per heavy atom. The Kier molecular flexibility index (Phi) is 7.23. The van der Waals surface area contributed by atoms with Gasteiger partial charge in [0.1, 0.15) is 11.3 Å². The van der Waals surface area contributed by atoms with Crippen LogP contribution in [0.15, 0.2) is 74.9 Å². The fraction of sp³-hybridized carbons (Fsp3) is 0.154. The molecule has 1 aromatic heterocycles. The van der Waals surface area contributed by atoms with Crippen LogP contribution in [0.25, 0.3) is 16.5 Å². The van der Waals surface area contributed by atoms with Gasteiger partial charge >= 0.3 is 5.97 Å². The molecule has 4 rings (SSSR count). The molecule has 3 aromatic rings. The van der Waals surface area contributed by atoms with E-state index in [0.717, 1.165) is 11.1 Å². The molecule has 0 fully saturated rings. The van der Waals surface area contributed by atoms with Gasteiger partial charge in [0, 0.05) is 34.7 Å². The van der Waals surface area contributed by atoms with Crippen LogP contribution in [0.1, 0.15) is 40.2 Å². The van der Waals surface area contributed by atoms with Crippen molar-refractivity contribution in [1.29, 1.82) is 5.41 Å². The molecule has 8 nitrogen and oxygen atoms in total. The smallest absolute Gasteiger partial charge is 0.337 e. The van der Waals surface area contributed by atoms with E-state index in [1.165, 1.54) is 25.4 Å². The lowest BCUT2D eigenvalue weighted by Crippen LogP contribution is -2.13. The number of dihydropyridines is 1. The van der Waals surface area contributed by atoms with Gasteiger partial charge < -0.3 is 20.6 Å². The number of nitrogens with two attached hydrogens (primary N) is 1. The Morgan fingerprint density at radius 2 is 1.94 bits per heavy atom. The Balaban J connectivity index is 0.00000158. The van der Waals surface area contributed by atoms with Crippen LogP contribution in [0, 0.1) is 12.3 Å². The van der Waals surface area contributed by atoms with Crippen molar-refractivity contribution in [2.45, 2.75) is 19.9 Å². The van der Waals surface area contributed by atoms with Gasteiger partial charge in [0.25, 0.3) is 0 Å². The zero-order valence-electron chi connectivity index (χ0n) is 19.2. The number of carboxylic acids is 1. The Bertz CT molecular complexity index is 1420. The van der Waals surface area contributed by atoms with Crippen LogP contribution < -0.4 is 16.5 Å². The summed E-state index contributed by atoms with van der Waals surface area (Å²) in [7, 11) is 1.50. The first-order chi connectivity index (χ1) is 16.2. The molecule has 0 radical (unpaired) electrons. The zero-order valence-corrected chi connectivity index (χ0v) is 19.2. The van der Waals surface area contributed by atoms with Gasteiger partial charge in [-0.15, -0.1) is 0 Å². The van der Waals surface area contributed by atoms with Gasteiger partial charge in [-0.1, -0.05) is 24.8 Å². The van der Waals surface area contributed by atoms with E-state index in [1.807, 2.05) is 19.9 Å². The lowest BCUT2D eigenvalue weighted by atomic mass is 10.00. The van der Waals surface area contributed by atoms with Gasteiger partial charge in [-0.05, 0) is 50.7 Å². The zero-order chi connectivity index (χ0) is 25.0. The topological polar surface area (TPSA) is 142 Å². The number of allylic oxidation sites excluding steroid dienone is 1. The Morgan fingerprint density at radius 3 is 2.62 bits per heavy atom. The van der Waals surface area contributed by atoms with Crippen molar-refractivity contribution < 1.29 is 14.3 Å². The van der Waals surface area contributed by atoms with Crippen molar-refractivity contribution in [3.8, 4) is 0 Å². The summed E-state index contributed by atoms with van der Waals surface area (Å²) in [6, 6.07) is 11.4. The monoisotopic (exact) mass is 458 g/mol. The molecule has 0 bridgehead atoms. The molecule has 0 saturated carbocycles. The SMILES string of the molecule is C=C1C=C(c2cc(=O)c3cc(C)cc(C(C)Nc4ccccc4C(=O)O)c3o2)C=NC1=N.CN. The van der Waals surface area contributed by atoms with E-state index in [-0.39, 0.29) is 22.9 Å². The summed E-state index contributed by atoms with van der Waals surface area (Å²) in [5, 5.41) is 20.9. The summed E-state index contributed by atoms with van der Waals surface area (Å²) in [4.78, 5) is 28.5. The number of nitrogens with one attached hydrogen (secondary N) is 2. The van der Waals surface area contributed by atoms with E-state index in [0.29, 0.717) is 33.6 Å². The Labute approximate surface area is 196 Å². The molecular formula is C26H26N4O4. The minimum atomic E-state index is -1.03. The molecule has 0 saturated heterocycles. The van der Waals surface area contributed by atoms with Gasteiger partial charge in [0.2, 0.25) is 0 Å². The van der Waals surface area contributed by atoms with E-state index in [1.54, 1.807) is 30.3 Å². The number of hydrogen-bond acceptors (Lipinski definition) is 6. The highest BCUT2D eigenvalue weighted by molar-refractivity contribution is 6.20. The number of benzene rings is 2. The highest BCUT2D eigenvalue weighted by Crippen LogP contribution is 2.30. The predicted octanol–water partition coefficient (Wildman–Crippen LogP) is 4.55. The normalized spacial score (nSPS) is 13.7. The molecule has 8 heteroatoms. The van der Waals surface area contributed by atoms with Crippen molar-refractivity contribution in [3.63, 3.8) is 0 Å². The fourth-order valence-electron chi connectivity index (χ4n) is 3.65. The summed E-state index contributed by atoms with van der Waals surface area (Å²) < 4.78 is 6.16. The average Bonchev–Trinajstić information content (AvgIpc) is 2.82. The molecule has 0 amide bonds. The fourth-order valence-corrected chi connectivity index (χ4v) is 3.65. The molecular weight excluding hydrogens is 432 g/mol. The van der Waals surface area contributed by atoms with Gasteiger partial charge in [0.15, 0.2) is 11.3 Å². The summed E-state index contributed by atoms with van der Waals surface area (Å²) in [5.74, 6) is -0.649. The highest BCUT2D eigenvalue weighted by Gasteiger charge is 2.19. The van der Waals surface area contributed by atoms with Crippen LogP contribution in [0.3, 0.4) is 0 Å². The number of fused-ring (bicyclic) bond motifs is 1. The summed E-state index contributed by atoms with van der Waals surface area (Å²) >= 11 is 0. The molecule has 1 aliphatic rings. The van der Waals surface area contributed by atoms with Crippen LogP contribution >= 0.6 is 0 Å². The van der Waals surface area contributed by atoms with Crippen LogP contribution in [0.4, 0.5) is 5.69 Å². The third-order valence-electron chi connectivity index (χ3n) is 5.25. The van der Waals surface area contributed by atoms with Crippen molar-refractivity contribution in [2.75, 3.05) is 12.4 Å². The molecule has 5 N–H and O–H groups in total. The van der Waals surface area contributed by atoms with Crippen molar-refractivity contribution in [1.82, 2.24) is 0 Å². The van der Waals surface area contributed by atoms with Crippen LogP contribution in [0.5, 0.6) is 0 Å². The number of anilines is 1. The van der Waals surface area contributed by atoms with E-state index in [9.17, 15) is 14.7 Å².